The Morgan fingerprint density at radius 2 is 1.32 bits per heavy atom. The number of aromatic nitrogens is 2. The predicted molar refractivity (Wildman–Crippen MR) is 231 cm³/mol. The quantitative estimate of drug-likeness (QED) is 0.0811. The summed E-state index contributed by atoms with van der Waals surface area (Å²) in [5.74, 6) is -0.269. The number of carbonyl (C=O) groups is 1. The van der Waals surface area contributed by atoms with Crippen LogP contribution in [-0.2, 0) is 40.0 Å². The minimum absolute atomic E-state index is 0.00873. The summed E-state index contributed by atoms with van der Waals surface area (Å²) >= 11 is 0. The molecule has 8 rings (SSSR count). The topological polar surface area (TPSA) is 103 Å². The van der Waals surface area contributed by atoms with Gasteiger partial charge in [0, 0.05) is 29.8 Å². The van der Waals surface area contributed by atoms with Gasteiger partial charge in [0.15, 0.2) is 0 Å². The summed E-state index contributed by atoms with van der Waals surface area (Å²) in [6.07, 6.45) is 4.94. The molecular formula is C50H52N6O3. The van der Waals surface area contributed by atoms with Crippen molar-refractivity contribution in [1.29, 1.82) is 0 Å². The molecule has 2 aliphatic rings. The first-order chi connectivity index (χ1) is 28.8. The zero-order chi connectivity index (χ0) is 41.0. The molecule has 0 aliphatic carbocycles. The first-order valence-electron chi connectivity index (χ1n) is 21.0. The fraction of sp³-hybridized carbons (Fsp3) is 0.320. The van der Waals surface area contributed by atoms with Gasteiger partial charge in [-0.05, 0) is 90.3 Å². The second kappa shape index (κ2) is 16.6. The van der Waals surface area contributed by atoms with E-state index in [9.17, 15) is 9.59 Å². The van der Waals surface area contributed by atoms with E-state index >= 15 is 0 Å². The fourth-order valence-electron chi connectivity index (χ4n) is 9.55. The van der Waals surface area contributed by atoms with Gasteiger partial charge >= 0.3 is 5.97 Å². The van der Waals surface area contributed by atoms with Crippen LogP contribution in [0, 0.1) is 5.41 Å². The molecular weight excluding hydrogens is 733 g/mol. The van der Waals surface area contributed by atoms with E-state index in [2.05, 4.69) is 131 Å². The maximum Gasteiger partial charge on any atom is 0.313 e. The lowest BCUT2D eigenvalue weighted by molar-refractivity contribution is -0.157. The fourth-order valence-corrected chi connectivity index (χ4v) is 9.55. The number of benzene rings is 5. The van der Waals surface area contributed by atoms with Crippen LogP contribution in [0.15, 0.2) is 165 Å². The van der Waals surface area contributed by atoms with Gasteiger partial charge in [0.05, 0.1) is 23.5 Å². The van der Waals surface area contributed by atoms with Crippen LogP contribution in [0.4, 0.5) is 0 Å². The smallest absolute Gasteiger partial charge is 0.313 e. The molecule has 5 aromatic carbocycles. The van der Waals surface area contributed by atoms with Crippen LogP contribution in [0.2, 0.25) is 0 Å². The van der Waals surface area contributed by atoms with E-state index in [0.717, 1.165) is 88.9 Å². The lowest BCUT2D eigenvalue weighted by atomic mass is 9.59. The Morgan fingerprint density at radius 1 is 0.763 bits per heavy atom. The molecule has 300 valence electrons. The molecule has 0 amide bonds. The minimum atomic E-state index is -1.31. The molecule has 0 spiro atoms. The van der Waals surface area contributed by atoms with Gasteiger partial charge in [-0.1, -0.05) is 153 Å². The molecule has 0 fully saturated rings. The van der Waals surface area contributed by atoms with E-state index in [1.54, 1.807) is 0 Å². The summed E-state index contributed by atoms with van der Waals surface area (Å²) in [6, 6.07) is 47.7. The molecule has 3 heterocycles. The second-order valence-electron chi connectivity index (χ2n) is 16.2. The standard InChI is InChI=1S/C50H52N6O3/c1-5-7-28-44-42(46(57)56-45(29-19-34-55(44)56)48(3,4)47(58)59-6-2)35-36-30-32-37(33-31-36)41-26-17-18-27-43(41)50(51-53-54-52-50)49(38-20-11-8-12-21-38,39-22-13-9-14-23-39)40-24-15-10-16-25-40/h8-18,20-27,30-33,45H,5-7,19,28-29,34-35H2,1-4H3. The lowest BCUT2D eigenvalue weighted by Crippen LogP contribution is -2.48. The van der Waals surface area contributed by atoms with E-state index < -0.39 is 16.5 Å². The largest absolute Gasteiger partial charge is 0.466 e. The maximum absolute atomic E-state index is 14.6. The molecule has 9 nitrogen and oxygen atoms in total. The Bertz CT molecular complexity index is 2410. The average Bonchev–Trinajstić information content (AvgIpc) is 3.88. The van der Waals surface area contributed by atoms with Crippen molar-refractivity contribution < 1.29 is 9.53 Å². The third kappa shape index (κ3) is 6.76. The van der Waals surface area contributed by atoms with E-state index in [0.29, 0.717) is 13.0 Å². The summed E-state index contributed by atoms with van der Waals surface area (Å²) in [7, 11) is 0. The number of esters is 1. The van der Waals surface area contributed by atoms with E-state index in [4.69, 9.17) is 15.0 Å². The second-order valence-corrected chi connectivity index (χ2v) is 16.2. The Balaban J connectivity index is 1.23. The van der Waals surface area contributed by atoms with Crippen LogP contribution >= 0.6 is 0 Å². The van der Waals surface area contributed by atoms with Crippen LogP contribution in [-0.4, -0.2) is 21.9 Å². The number of rotatable bonds is 14. The van der Waals surface area contributed by atoms with Gasteiger partial charge in [0.2, 0.25) is 5.66 Å². The number of hydrogen-bond donors (Lipinski definition) is 0. The molecule has 0 saturated heterocycles. The van der Waals surface area contributed by atoms with Crippen molar-refractivity contribution in [3.05, 3.63) is 189 Å². The Hall–Kier alpha value is -6.22. The average molecular weight is 785 g/mol. The molecule has 0 N–H and O–H groups in total. The molecule has 1 unspecified atom stereocenters. The van der Waals surface area contributed by atoms with Crippen molar-refractivity contribution in [3.63, 3.8) is 0 Å². The van der Waals surface area contributed by atoms with Crippen LogP contribution in [0.3, 0.4) is 0 Å². The Labute approximate surface area is 346 Å². The number of ether oxygens (including phenoxy) is 1. The summed E-state index contributed by atoms with van der Waals surface area (Å²) in [5.41, 5.74) is 5.63. The van der Waals surface area contributed by atoms with Gasteiger partial charge in [-0.3, -0.25) is 14.3 Å². The van der Waals surface area contributed by atoms with Gasteiger partial charge in [-0.15, -0.1) is 10.2 Å². The third-order valence-electron chi connectivity index (χ3n) is 12.4. The summed E-state index contributed by atoms with van der Waals surface area (Å²) in [5, 5.41) is 18.6. The van der Waals surface area contributed by atoms with Crippen molar-refractivity contribution in [2.45, 2.75) is 89.9 Å². The normalized spacial score (nSPS) is 15.9. The van der Waals surface area contributed by atoms with Crippen LogP contribution in [0.5, 0.6) is 0 Å². The molecule has 0 bridgehead atoms. The summed E-state index contributed by atoms with van der Waals surface area (Å²) < 4.78 is 9.57. The first-order valence-corrected chi connectivity index (χ1v) is 21.0. The van der Waals surface area contributed by atoms with Gasteiger partial charge in [0.1, 0.15) is 0 Å². The number of nitrogens with zero attached hydrogens (tertiary/aromatic N) is 6. The highest BCUT2D eigenvalue weighted by molar-refractivity contribution is 5.76. The number of fused-ring (bicyclic) bond motifs is 1. The highest BCUT2D eigenvalue weighted by Crippen LogP contribution is 2.58. The maximum atomic E-state index is 14.6. The van der Waals surface area contributed by atoms with Crippen LogP contribution < -0.4 is 5.56 Å². The van der Waals surface area contributed by atoms with Crippen molar-refractivity contribution in [2.75, 3.05) is 6.61 Å². The molecule has 0 saturated carbocycles. The van der Waals surface area contributed by atoms with Crippen LogP contribution in [0.1, 0.15) is 98.5 Å². The predicted octanol–water partition coefficient (Wildman–Crippen LogP) is 11.2. The van der Waals surface area contributed by atoms with Crippen molar-refractivity contribution in [2.24, 2.45) is 26.1 Å². The number of unbranched alkanes of at least 4 members (excludes halogenated alkanes) is 1. The van der Waals surface area contributed by atoms with Crippen molar-refractivity contribution in [1.82, 2.24) is 9.36 Å². The number of hydrogen-bond acceptors (Lipinski definition) is 7. The molecule has 6 aromatic rings. The zero-order valence-electron chi connectivity index (χ0n) is 34.4. The highest BCUT2D eigenvalue weighted by atomic mass is 16.5. The van der Waals surface area contributed by atoms with Gasteiger partial charge in [0.25, 0.3) is 5.56 Å². The molecule has 1 atom stereocenters. The molecule has 1 aromatic heterocycles. The lowest BCUT2D eigenvalue weighted by Gasteiger charge is -2.45. The zero-order valence-corrected chi connectivity index (χ0v) is 34.4. The highest BCUT2D eigenvalue weighted by Gasteiger charge is 2.60. The van der Waals surface area contributed by atoms with E-state index in [1.807, 2.05) is 55.8 Å². The molecule has 9 heteroatoms. The summed E-state index contributed by atoms with van der Waals surface area (Å²) in [6.45, 7) is 8.89. The van der Waals surface area contributed by atoms with Crippen molar-refractivity contribution in [3.8, 4) is 11.1 Å². The SMILES string of the molecule is CCCCc1c(Cc2ccc(-c3ccccc3C3(C(c4ccccc4)(c4ccccc4)c4ccccc4)N=NN=N3)cc2)c(=O)n2n1CCCC2C(C)(C)C(=O)OCC. The van der Waals surface area contributed by atoms with E-state index in [-0.39, 0.29) is 17.6 Å². The number of carbonyl (C=O) groups excluding carboxylic acids is 1. The third-order valence-corrected chi connectivity index (χ3v) is 12.4. The molecule has 0 radical (unpaired) electrons. The molecule has 2 aliphatic heterocycles. The van der Waals surface area contributed by atoms with Crippen molar-refractivity contribution >= 4 is 5.97 Å². The van der Waals surface area contributed by atoms with Gasteiger partial charge in [-0.2, -0.15) is 0 Å². The van der Waals surface area contributed by atoms with E-state index in [1.165, 1.54) is 0 Å². The Morgan fingerprint density at radius 3 is 1.88 bits per heavy atom. The van der Waals surface area contributed by atoms with Crippen LogP contribution in [0.25, 0.3) is 11.1 Å². The van der Waals surface area contributed by atoms with Gasteiger partial charge in [-0.25, -0.2) is 4.68 Å². The molecule has 59 heavy (non-hydrogen) atoms. The monoisotopic (exact) mass is 784 g/mol. The Kier molecular flexibility index (Phi) is 11.1. The minimum Gasteiger partial charge on any atom is -0.466 e. The first kappa shape index (κ1) is 39.6. The summed E-state index contributed by atoms with van der Waals surface area (Å²) in [4.78, 5) is 27.8. The van der Waals surface area contributed by atoms with Gasteiger partial charge < -0.3 is 4.74 Å².